The van der Waals surface area contributed by atoms with E-state index in [0.29, 0.717) is 19.6 Å². The van der Waals surface area contributed by atoms with E-state index in [9.17, 15) is 9.18 Å². The Morgan fingerprint density at radius 2 is 2.17 bits per heavy atom. The summed E-state index contributed by atoms with van der Waals surface area (Å²) in [4.78, 5) is 17.2. The van der Waals surface area contributed by atoms with Crippen LogP contribution in [0.2, 0.25) is 0 Å². The summed E-state index contributed by atoms with van der Waals surface area (Å²) in [5.74, 6) is 1.49. The van der Waals surface area contributed by atoms with Gasteiger partial charge in [0.2, 0.25) is 0 Å². The highest BCUT2D eigenvalue weighted by Crippen LogP contribution is 2.48. The normalized spacial score (nSPS) is 17.5. The van der Waals surface area contributed by atoms with Gasteiger partial charge >= 0.3 is 5.69 Å². The molecule has 1 aromatic heterocycles. The van der Waals surface area contributed by atoms with Crippen LogP contribution in [-0.4, -0.2) is 39.9 Å². The van der Waals surface area contributed by atoms with Gasteiger partial charge in [-0.25, -0.2) is 13.9 Å². The molecule has 162 valence electrons. The van der Waals surface area contributed by atoms with Crippen LogP contribution in [0.4, 0.5) is 4.39 Å². The Bertz CT molecular complexity index is 959. The number of hydrogen-bond donors (Lipinski definition) is 2. The maximum absolute atomic E-state index is 13.6. The molecule has 2 aromatic rings. The Hall–Kier alpha value is -2.64. The molecule has 2 aliphatic rings. The first-order chi connectivity index (χ1) is 14.6. The lowest BCUT2D eigenvalue weighted by molar-refractivity contribution is 0.509. The predicted molar refractivity (Wildman–Crippen MR) is 115 cm³/mol. The van der Waals surface area contributed by atoms with E-state index in [-0.39, 0.29) is 16.9 Å². The Morgan fingerprint density at radius 3 is 2.90 bits per heavy atom. The van der Waals surface area contributed by atoms with Crippen molar-refractivity contribution < 1.29 is 4.39 Å². The zero-order chi connectivity index (χ0) is 21.0. The van der Waals surface area contributed by atoms with Crippen molar-refractivity contribution in [3.63, 3.8) is 0 Å². The molecule has 1 saturated carbocycles. The van der Waals surface area contributed by atoms with Gasteiger partial charge in [-0.15, -0.1) is 0 Å². The number of benzene rings is 1. The monoisotopic (exact) mass is 414 g/mol. The fourth-order valence-corrected chi connectivity index (χ4v) is 4.11. The molecule has 2 heterocycles. The Morgan fingerprint density at radius 1 is 1.30 bits per heavy atom. The van der Waals surface area contributed by atoms with Crippen LogP contribution in [0.1, 0.15) is 50.4 Å². The first-order valence-corrected chi connectivity index (χ1v) is 11.1. The summed E-state index contributed by atoms with van der Waals surface area (Å²) in [5.41, 5.74) is 1.01. The van der Waals surface area contributed by atoms with Gasteiger partial charge in [0, 0.05) is 38.0 Å². The number of aryl methyl sites for hydroxylation is 2. The molecular formula is C22H31FN6O. The molecule has 7 nitrogen and oxygen atoms in total. The molecule has 1 aromatic carbocycles. The molecule has 0 saturated heterocycles. The minimum absolute atomic E-state index is 0.0102. The number of guanidine groups is 1. The first kappa shape index (κ1) is 20.6. The van der Waals surface area contributed by atoms with Crippen molar-refractivity contribution in [1.29, 1.82) is 0 Å². The number of aliphatic imine (C=N–C) groups is 1. The van der Waals surface area contributed by atoms with Crippen LogP contribution in [0.5, 0.6) is 0 Å². The Kier molecular flexibility index (Phi) is 6.20. The summed E-state index contributed by atoms with van der Waals surface area (Å²) in [6.45, 7) is 5.53. The largest absolute Gasteiger partial charge is 0.357 e. The third-order valence-corrected chi connectivity index (χ3v) is 6.05. The van der Waals surface area contributed by atoms with Gasteiger partial charge in [-0.3, -0.25) is 9.56 Å². The minimum Gasteiger partial charge on any atom is -0.357 e. The van der Waals surface area contributed by atoms with Crippen LogP contribution in [0, 0.1) is 5.82 Å². The molecule has 4 rings (SSSR count). The zero-order valence-corrected chi connectivity index (χ0v) is 17.7. The molecule has 0 amide bonds. The summed E-state index contributed by atoms with van der Waals surface area (Å²) < 4.78 is 17.0. The Balaban J connectivity index is 1.31. The van der Waals surface area contributed by atoms with Gasteiger partial charge in [-0.1, -0.05) is 12.1 Å². The van der Waals surface area contributed by atoms with E-state index in [1.165, 1.54) is 6.07 Å². The minimum atomic E-state index is -0.191. The van der Waals surface area contributed by atoms with E-state index in [1.807, 2.05) is 17.6 Å². The maximum Gasteiger partial charge on any atom is 0.345 e. The molecule has 8 heteroatoms. The fourth-order valence-electron chi connectivity index (χ4n) is 4.11. The fraction of sp³-hybridized carbons (Fsp3) is 0.591. The number of halogens is 1. The highest BCUT2D eigenvalue weighted by Gasteiger charge is 2.44. The number of aromatic nitrogens is 3. The summed E-state index contributed by atoms with van der Waals surface area (Å²) in [6.07, 6.45) is 5.92. The topological polar surface area (TPSA) is 76.2 Å². The molecule has 1 aliphatic heterocycles. The standard InChI is InChI=1S/C22H31FN6O/c1-2-24-20(26-16-22(10-11-22)17-7-5-8-18(23)15-17)25-12-6-14-29-21(30)28-13-4-3-9-19(28)27-29/h5,7-8,15H,2-4,6,9-14,16H2,1H3,(H2,24,25,26). The van der Waals surface area contributed by atoms with Crippen LogP contribution >= 0.6 is 0 Å². The molecule has 0 radical (unpaired) electrons. The van der Waals surface area contributed by atoms with Crippen molar-refractivity contribution in [2.45, 2.75) is 64.0 Å². The molecule has 1 aliphatic carbocycles. The summed E-state index contributed by atoms with van der Waals surface area (Å²) >= 11 is 0. The van der Waals surface area contributed by atoms with Gasteiger partial charge in [0.25, 0.3) is 0 Å². The van der Waals surface area contributed by atoms with E-state index in [1.54, 1.807) is 16.8 Å². The maximum atomic E-state index is 13.6. The van der Waals surface area contributed by atoms with Crippen LogP contribution in [-0.2, 0) is 24.9 Å². The van der Waals surface area contributed by atoms with Gasteiger partial charge in [-0.2, -0.15) is 5.10 Å². The molecule has 1 fully saturated rings. The lowest BCUT2D eigenvalue weighted by Crippen LogP contribution is -2.39. The van der Waals surface area contributed by atoms with Crippen molar-refractivity contribution in [3.05, 3.63) is 52.0 Å². The summed E-state index contributed by atoms with van der Waals surface area (Å²) in [6, 6.07) is 6.88. The van der Waals surface area contributed by atoms with E-state index in [4.69, 9.17) is 4.99 Å². The SMILES string of the molecule is CCNC(=NCC1(c2cccc(F)c2)CC1)NCCCn1nc2n(c1=O)CCCC2. The number of rotatable bonds is 8. The van der Waals surface area contributed by atoms with Gasteiger partial charge in [0.15, 0.2) is 5.96 Å². The van der Waals surface area contributed by atoms with E-state index in [2.05, 4.69) is 15.7 Å². The number of fused-ring (bicyclic) bond motifs is 1. The van der Waals surface area contributed by atoms with Crippen LogP contribution < -0.4 is 16.3 Å². The van der Waals surface area contributed by atoms with Crippen molar-refractivity contribution in [2.75, 3.05) is 19.6 Å². The van der Waals surface area contributed by atoms with Crippen molar-refractivity contribution >= 4 is 5.96 Å². The van der Waals surface area contributed by atoms with Crippen LogP contribution in [0.25, 0.3) is 0 Å². The number of hydrogen-bond acceptors (Lipinski definition) is 3. The average molecular weight is 415 g/mol. The van der Waals surface area contributed by atoms with Crippen molar-refractivity contribution in [2.24, 2.45) is 4.99 Å². The third-order valence-electron chi connectivity index (χ3n) is 6.05. The average Bonchev–Trinajstić information content (AvgIpc) is 3.48. The predicted octanol–water partition coefficient (Wildman–Crippen LogP) is 2.20. The van der Waals surface area contributed by atoms with Gasteiger partial charge in [0.1, 0.15) is 11.6 Å². The molecule has 0 spiro atoms. The quantitative estimate of drug-likeness (QED) is 0.394. The summed E-state index contributed by atoms with van der Waals surface area (Å²) in [7, 11) is 0. The second kappa shape index (κ2) is 9.02. The number of nitrogens with zero attached hydrogens (tertiary/aromatic N) is 4. The second-order valence-corrected chi connectivity index (χ2v) is 8.30. The lowest BCUT2D eigenvalue weighted by Gasteiger charge is -2.16. The van der Waals surface area contributed by atoms with Crippen molar-refractivity contribution in [3.8, 4) is 0 Å². The molecule has 30 heavy (non-hydrogen) atoms. The molecule has 0 bridgehead atoms. The molecule has 0 atom stereocenters. The molecular weight excluding hydrogens is 383 g/mol. The highest BCUT2D eigenvalue weighted by atomic mass is 19.1. The second-order valence-electron chi connectivity index (χ2n) is 8.30. The van der Waals surface area contributed by atoms with E-state index >= 15 is 0 Å². The van der Waals surface area contributed by atoms with Gasteiger partial charge < -0.3 is 10.6 Å². The van der Waals surface area contributed by atoms with Crippen LogP contribution in [0.3, 0.4) is 0 Å². The van der Waals surface area contributed by atoms with Crippen LogP contribution in [0.15, 0.2) is 34.1 Å². The highest BCUT2D eigenvalue weighted by molar-refractivity contribution is 5.79. The first-order valence-electron chi connectivity index (χ1n) is 11.1. The van der Waals surface area contributed by atoms with Gasteiger partial charge in [0.05, 0.1) is 6.54 Å². The molecule has 0 unspecified atom stereocenters. The summed E-state index contributed by atoms with van der Waals surface area (Å²) in [5, 5.41) is 11.1. The van der Waals surface area contributed by atoms with E-state index < -0.39 is 0 Å². The van der Waals surface area contributed by atoms with Gasteiger partial charge in [-0.05, 0) is 56.7 Å². The third kappa shape index (κ3) is 4.57. The Labute approximate surface area is 176 Å². The zero-order valence-electron chi connectivity index (χ0n) is 17.7. The lowest BCUT2D eigenvalue weighted by atomic mass is 9.96. The number of nitrogens with one attached hydrogen (secondary N) is 2. The smallest absolute Gasteiger partial charge is 0.345 e. The molecule has 2 N–H and O–H groups in total. The van der Waals surface area contributed by atoms with Crippen molar-refractivity contribution in [1.82, 2.24) is 25.0 Å². The van der Waals surface area contributed by atoms with E-state index in [0.717, 1.165) is 69.0 Å².